The summed E-state index contributed by atoms with van der Waals surface area (Å²) in [6.45, 7) is 5.57. The lowest BCUT2D eigenvalue weighted by Gasteiger charge is -2.38. The van der Waals surface area contributed by atoms with Gasteiger partial charge in [0.1, 0.15) is 5.01 Å². The van der Waals surface area contributed by atoms with Crippen LogP contribution in [-0.4, -0.2) is 63.0 Å². The minimum atomic E-state index is -0.293. The molecule has 1 fully saturated rings. The Bertz CT molecular complexity index is 782. The molecule has 3 rings (SSSR count). The fourth-order valence-electron chi connectivity index (χ4n) is 3.04. The summed E-state index contributed by atoms with van der Waals surface area (Å²) in [7, 11) is 0. The van der Waals surface area contributed by atoms with Gasteiger partial charge in [0.2, 0.25) is 5.13 Å². The van der Waals surface area contributed by atoms with Gasteiger partial charge >= 0.3 is 0 Å². The maximum atomic E-state index is 12.6. The van der Waals surface area contributed by atoms with Gasteiger partial charge in [-0.25, -0.2) is 4.98 Å². The number of halogens is 1. The van der Waals surface area contributed by atoms with Crippen LogP contribution >= 0.6 is 22.9 Å². The van der Waals surface area contributed by atoms with Gasteiger partial charge in [0, 0.05) is 19.7 Å². The molecule has 2 atom stereocenters. The highest BCUT2D eigenvalue weighted by molar-refractivity contribution is 7.15. The van der Waals surface area contributed by atoms with Crippen molar-refractivity contribution in [1.29, 1.82) is 0 Å². The average Bonchev–Trinajstić information content (AvgIpc) is 3.29. The van der Waals surface area contributed by atoms with Crippen LogP contribution in [0.5, 0.6) is 0 Å². The number of nitrogens with zero attached hydrogens (tertiary/aromatic N) is 4. The Hall–Kier alpha value is -1.75. The van der Waals surface area contributed by atoms with Crippen LogP contribution in [0, 0.1) is 0 Å². The molecule has 27 heavy (non-hydrogen) atoms. The molecule has 1 amide bonds. The van der Waals surface area contributed by atoms with Crippen molar-refractivity contribution in [3.8, 4) is 0 Å². The first-order valence-electron chi connectivity index (χ1n) is 8.90. The average molecular weight is 415 g/mol. The summed E-state index contributed by atoms with van der Waals surface area (Å²) in [5.41, 5.74) is 0.744. The summed E-state index contributed by atoms with van der Waals surface area (Å²) in [5.74, 6) is -0.0792. The number of aromatic amines is 1. The van der Waals surface area contributed by atoms with Gasteiger partial charge < -0.3 is 25.0 Å². The molecule has 0 aliphatic carbocycles. The minimum absolute atomic E-state index is 0.121. The van der Waals surface area contributed by atoms with Crippen molar-refractivity contribution in [2.75, 3.05) is 24.6 Å². The summed E-state index contributed by atoms with van der Waals surface area (Å²) in [6, 6.07) is -0.145. The number of hydrogen-bond acceptors (Lipinski definition) is 8. The molecule has 0 radical (unpaired) electrons. The molecular formula is C16H23ClN6O3S. The first-order chi connectivity index (χ1) is 13.0. The van der Waals surface area contributed by atoms with Crippen LogP contribution in [0.3, 0.4) is 0 Å². The summed E-state index contributed by atoms with van der Waals surface area (Å²) in [6.07, 6.45) is 1.18. The number of aliphatic hydroxyl groups is 1. The summed E-state index contributed by atoms with van der Waals surface area (Å²) in [4.78, 5) is 21.7. The standard InChI is InChI=1S/C16H23ClN6O3S/c1-3-9-13(17)20-14(18-9)15(25)19-10-5-6-23(7-11(10)26-4-2)16-22-21-12(8-24)27-16/h10-11,24H,3-8H2,1-2H3,(H,18,20)(H,19,25)/t10-,11+/m1/s1. The Kier molecular flexibility index (Phi) is 6.64. The second-order valence-electron chi connectivity index (χ2n) is 6.15. The van der Waals surface area contributed by atoms with E-state index >= 15 is 0 Å². The van der Waals surface area contributed by atoms with Crippen molar-refractivity contribution >= 4 is 34.0 Å². The van der Waals surface area contributed by atoms with E-state index in [2.05, 4.69) is 30.4 Å². The predicted molar refractivity (Wildman–Crippen MR) is 102 cm³/mol. The number of carbonyl (C=O) groups is 1. The molecule has 3 heterocycles. The zero-order chi connectivity index (χ0) is 19.4. The monoisotopic (exact) mass is 414 g/mol. The third kappa shape index (κ3) is 4.57. The number of anilines is 1. The SMILES string of the molecule is CCO[C@H]1CN(c2nnc(CO)s2)CC[C@H]1NC(=O)c1nc(Cl)c(CC)[nH]1. The molecule has 0 unspecified atom stereocenters. The van der Waals surface area contributed by atoms with Crippen LogP contribution in [0.4, 0.5) is 5.13 Å². The molecule has 2 aromatic rings. The fraction of sp³-hybridized carbons (Fsp3) is 0.625. The first kappa shape index (κ1) is 20.0. The number of aryl methyl sites for hydroxylation is 1. The van der Waals surface area contributed by atoms with Gasteiger partial charge in [-0.2, -0.15) is 0 Å². The van der Waals surface area contributed by atoms with E-state index in [-0.39, 0.29) is 30.5 Å². The number of hydrogen-bond donors (Lipinski definition) is 3. The number of piperidine rings is 1. The third-order valence-electron chi connectivity index (χ3n) is 4.42. The van der Waals surface area contributed by atoms with Crippen molar-refractivity contribution < 1.29 is 14.6 Å². The van der Waals surface area contributed by atoms with Gasteiger partial charge in [-0.3, -0.25) is 4.79 Å². The van der Waals surface area contributed by atoms with E-state index in [0.29, 0.717) is 42.7 Å². The lowest BCUT2D eigenvalue weighted by atomic mass is 10.0. The van der Waals surface area contributed by atoms with E-state index in [4.69, 9.17) is 16.3 Å². The number of ether oxygens (including phenoxy) is 1. The van der Waals surface area contributed by atoms with E-state index in [1.54, 1.807) is 0 Å². The number of aliphatic hydroxyl groups excluding tert-OH is 1. The van der Waals surface area contributed by atoms with E-state index in [1.165, 1.54) is 11.3 Å². The number of H-pyrrole nitrogens is 1. The number of nitrogens with one attached hydrogen (secondary N) is 2. The zero-order valence-corrected chi connectivity index (χ0v) is 16.8. The predicted octanol–water partition coefficient (Wildman–Crippen LogP) is 1.38. The van der Waals surface area contributed by atoms with Gasteiger partial charge in [0.25, 0.3) is 5.91 Å². The molecule has 148 valence electrons. The lowest BCUT2D eigenvalue weighted by Crippen LogP contribution is -2.55. The Morgan fingerprint density at radius 3 is 2.93 bits per heavy atom. The maximum Gasteiger partial charge on any atom is 0.287 e. The Balaban J connectivity index is 1.67. The van der Waals surface area contributed by atoms with E-state index < -0.39 is 0 Å². The topological polar surface area (TPSA) is 116 Å². The van der Waals surface area contributed by atoms with Crippen molar-refractivity contribution in [1.82, 2.24) is 25.5 Å². The number of imidazole rings is 1. The molecule has 11 heteroatoms. The largest absolute Gasteiger partial charge is 0.389 e. The highest BCUT2D eigenvalue weighted by Crippen LogP contribution is 2.25. The van der Waals surface area contributed by atoms with Crippen LogP contribution in [0.15, 0.2) is 0 Å². The summed E-state index contributed by atoms with van der Waals surface area (Å²) in [5, 5.41) is 21.9. The van der Waals surface area contributed by atoms with Gasteiger partial charge in [-0.05, 0) is 19.8 Å². The van der Waals surface area contributed by atoms with Crippen LogP contribution in [0.1, 0.15) is 41.6 Å². The van der Waals surface area contributed by atoms with E-state index in [9.17, 15) is 9.90 Å². The Morgan fingerprint density at radius 1 is 1.48 bits per heavy atom. The fourth-order valence-corrected chi connectivity index (χ4v) is 4.04. The van der Waals surface area contributed by atoms with Crippen LogP contribution < -0.4 is 10.2 Å². The second kappa shape index (κ2) is 8.96. The Labute approximate surface area is 166 Å². The van der Waals surface area contributed by atoms with Crippen molar-refractivity contribution in [3.63, 3.8) is 0 Å². The van der Waals surface area contributed by atoms with Gasteiger partial charge in [-0.1, -0.05) is 29.9 Å². The molecule has 0 bridgehead atoms. The number of carbonyl (C=O) groups excluding carboxylic acids is 1. The van der Waals surface area contributed by atoms with Crippen LogP contribution in [0.25, 0.3) is 0 Å². The van der Waals surface area contributed by atoms with E-state index in [0.717, 1.165) is 10.8 Å². The van der Waals surface area contributed by atoms with Crippen molar-refractivity contribution in [2.24, 2.45) is 0 Å². The van der Waals surface area contributed by atoms with Gasteiger partial charge in [-0.15, -0.1) is 10.2 Å². The number of aromatic nitrogens is 4. The molecule has 0 spiro atoms. The summed E-state index contributed by atoms with van der Waals surface area (Å²) < 4.78 is 5.86. The third-order valence-corrected chi connectivity index (χ3v) is 5.70. The van der Waals surface area contributed by atoms with Crippen LogP contribution in [0.2, 0.25) is 5.15 Å². The zero-order valence-electron chi connectivity index (χ0n) is 15.2. The molecule has 0 aromatic carbocycles. The molecule has 1 aliphatic heterocycles. The second-order valence-corrected chi connectivity index (χ2v) is 7.55. The number of amides is 1. The van der Waals surface area contributed by atoms with Gasteiger partial charge in [0.05, 0.1) is 24.4 Å². The maximum absolute atomic E-state index is 12.6. The molecule has 1 aliphatic rings. The molecule has 9 nitrogen and oxygen atoms in total. The molecule has 3 N–H and O–H groups in total. The lowest BCUT2D eigenvalue weighted by molar-refractivity contribution is 0.0271. The number of rotatable bonds is 7. The van der Waals surface area contributed by atoms with Crippen LogP contribution in [-0.2, 0) is 17.8 Å². The normalized spacial score (nSPS) is 20.1. The van der Waals surface area contributed by atoms with Crippen molar-refractivity contribution in [2.45, 2.75) is 45.4 Å². The van der Waals surface area contributed by atoms with Gasteiger partial charge in [0.15, 0.2) is 11.0 Å². The highest BCUT2D eigenvalue weighted by atomic mass is 35.5. The molecular weight excluding hydrogens is 392 g/mol. The highest BCUT2D eigenvalue weighted by Gasteiger charge is 2.33. The van der Waals surface area contributed by atoms with Crippen molar-refractivity contribution in [3.05, 3.63) is 21.7 Å². The summed E-state index contributed by atoms with van der Waals surface area (Å²) >= 11 is 7.39. The first-order valence-corrected chi connectivity index (χ1v) is 10.1. The quantitative estimate of drug-likeness (QED) is 0.626. The molecule has 1 saturated heterocycles. The smallest absolute Gasteiger partial charge is 0.287 e. The van der Waals surface area contributed by atoms with E-state index in [1.807, 2.05) is 13.8 Å². The Morgan fingerprint density at radius 2 is 2.30 bits per heavy atom. The minimum Gasteiger partial charge on any atom is -0.389 e. The molecule has 2 aromatic heterocycles. The molecule has 0 saturated carbocycles.